The van der Waals surface area contributed by atoms with Crippen LogP contribution in [0.25, 0.3) is 0 Å². The maximum absolute atomic E-state index is 11.2. The van der Waals surface area contributed by atoms with E-state index in [0.29, 0.717) is 0 Å². The predicted octanol–water partition coefficient (Wildman–Crippen LogP) is 0.0616. The van der Waals surface area contributed by atoms with Crippen LogP contribution in [0.4, 0.5) is 0 Å². The number of carboxylic acid groups (broad SMARTS) is 1. The molecule has 1 amide bonds. The van der Waals surface area contributed by atoms with Crippen LogP contribution in [0.3, 0.4) is 0 Å². The number of carboxylic acids is 1. The Hall–Kier alpha value is -1.10. The van der Waals surface area contributed by atoms with Gasteiger partial charge in [-0.05, 0) is 12.8 Å². The van der Waals surface area contributed by atoms with Crippen LogP contribution in [0.1, 0.15) is 25.7 Å². The molecule has 0 aromatic heterocycles. The first-order valence-electron chi connectivity index (χ1n) is 5.30. The topological polar surface area (TPSA) is 69.6 Å². The summed E-state index contributed by atoms with van der Waals surface area (Å²) in [5.74, 6) is -0.992. The van der Waals surface area contributed by atoms with Crippen molar-refractivity contribution in [2.45, 2.75) is 31.7 Å². The van der Waals surface area contributed by atoms with Crippen molar-refractivity contribution in [3.8, 4) is 0 Å². The molecule has 1 fully saturated rings. The van der Waals surface area contributed by atoms with E-state index in [9.17, 15) is 9.59 Å². The highest BCUT2D eigenvalue weighted by Crippen LogP contribution is 2.22. The minimum absolute atomic E-state index is 0.0436. The second kappa shape index (κ2) is 5.70. The van der Waals surface area contributed by atoms with E-state index in [-0.39, 0.29) is 25.0 Å². The van der Waals surface area contributed by atoms with E-state index >= 15 is 0 Å². The van der Waals surface area contributed by atoms with Crippen molar-refractivity contribution in [1.29, 1.82) is 0 Å². The summed E-state index contributed by atoms with van der Waals surface area (Å²) in [4.78, 5) is 23.6. The molecular weight excluding hydrogens is 196 g/mol. The molecule has 5 nitrogen and oxygen atoms in total. The summed E-state index contributed by atoms with van der Waals surface area (Å²) in [5, 5.41) is 11.3. The van der Waals surface area contributed by atoms with Crippen LogP contribution < -0.4 is 5.32 Å². The molecule has 0 aromatic rings. The largest absolute Gasteiger partial charge is 0.480 e. The molecule has 0 aliphatic heterocycles. The number of nitrogens with zero attached hydrogens (tertiary/aromatic N) is 1. The number of hydrogen-bond donors (Lipinski definition) is 2. The van der Waals surface area contributed by atoms with Gasteiger partial charge in [0.1, 0.15) is 0 Å². The second-order valence-corrected chi connectivity index (χ2v) is 3.91. The van der Waals surface area contributed by atoms with Gasteiger partial charge in [0.15, 0.2) is 0 Å². The second-order valence-electron chi connectivity index (χ2n) is 3.91. The molecule has 5 heteroatoms. The van der Waals surface area contributed by atoms with Gasteiger partial charge in [-0.2, -0.15) is 0 Å². The van der Waals surface area contributed by atoms with Crippen LogP contribution in [0, 0.1) is 0 Å². The number of likely N-dealkylation sites (N-methyl/N-ethyl adjacent to an activating group) is 1. The average molecular weight is 214 g/mol. The van der Waals surface area contributed by atoms with E-state index in [4.69, 9.17) is 5.11 Å². The monoisotopic (exact) mass is 214 g/mol. The molecule has 1 aliphatic rings. The molecular formula is C10H18N2O3. The third kappa shape index (κ3) is 3.87. The summed E-state index contributed by atoms with van der Waals surface area (Å²) in [6.45, 7) is 0.144. The standard InChI is InChI=1S/C10H18N2O3/c1-11-9(13)6-12(7-10(14)15)8-4-2-3-5-8/h8H,2-7H2,1H3,(H,11,13)(H,14,15). The van der Waals surface area contributed by atoms with Crippen LogP contribution in [0.2, 0.25) is 0 Å². The highest BCUT2D eigenvalue weighted by molar-refractivity contribution is 5.78. The average Bonchev–Trinajstić information content (AvgIpc) is 2.68. The fourth-order valence-electron chi connectivity index (χ4n) is 2.02. The van der Waals surface area contributed by atoms with Gasteiger partial charge in [0.25, 0.3) is 0 Å². The van der Waals surface area contributed by atoms with Crippen molar-refractivity contribution in [3.05, 3.63) is 0 Å². The summed E-state index contributed by atoms with van der Waals surface area (Å²) >= 11 is 0. The molecule has 1 aliphatic carbocycles. The summed E-state index contributed by atoms with van der Waals surface area (Å²) in [7, 11) is 1.57. The number of hydrogen-bond acceptors (Lipinski definition) is 3. The van der Waals surface area contributed by atoms with Crippen molar-refractivity contribution in [2.75, 3.05) is 20.1 Å². The van der Waals surface area contributed by atoms with Crippen molar-refractivity contribution in [2.24, 2.45) is 0 Å². The zero-order valence-electron chi connectivity index (χ0n) is 9.03. The third-order valence-corrected chi connectivity index (χ3v) is 2.80. The van der Waals surface area contributed by atoms with E-state index < -0.39 is 5.97 Å². The summed E-state index contributed by atoms with van der Waals surface area (Å²) in [5.41, 5.74) is 0. The molecule has 1 rings (SSSR count). The quantitative estimate of drug-likeness (QED) is 0.679. The van der Waals surface area contributed by atoms with E-state index in [0.717, 1.165) is 25.7 Å². The van der Waals surface area contributed by atoms with Crippen molar-refractivity contribution in [1.82, 2.24) is 10.2 Å². The van der Waals surface area contributed by atoms with Gasteiger partial charge in [0.05, 0.1) is 13.1 Å². The fourth-order valence-corrected chi connectivity index (χ4v) is 2.02. The van der Waals surface area contributed by atoms with Crippen molar-refractivity contribution < 1.29 is 14.7 Å². The summed E-state index contributed by atoms with van der Waals surface area (Å²) < 4.78 is 0. The molecule has 1 saturated carbocycles. The molecule has 0 heterocycles. The third-order valence-electron chi connectivity index (χ3n) is 2.80. The first kappa shape index (κ1) is 12.0. The Kier molecular flexibility index (Phi) is 4.55. The van der Waals surface area contributed by atoms with Gasteiger partial charge in [-0.1, -0.05) is 12.8 Å². The zero-order chi connectivity index (χ0) is 11.3. The number of carbonyl (C=O) groups is 2. The van der Waals surface area contributed by atoms with Gasteiger partial charge in [0, 0.05) is 13.1 Å². The highest BCUT2D eigenvalue weighted by Gasteiger charge is 2.25. The molecule has 0 radical (unpaired) electrons. The SMILES string of the molecule is CNC(=O)CN(CC(=O)O)C1CCCC1. The van der Waals surface area contributed by atoms with E-state index in [2.05, 4.69) is 5.32 Å². The van der Waals surface area contributed by atoms with Crippen LogP contribution in [-0.2, 0) is 9.59 Å². The Bertz CT molecular complexity index is 237. The van der Waals surface area contributed by atoms with Gasteiger partial charge >= 0.3 is 5.97 Å². The Balaban J connectivity index is 2.51. The molecule has 0 bridgehead atoms. The molecule has 86 valence electrons. The van der Waals surface area contributed by atoms with Gasteiger partial charge < -0.3 is 10.4 Å². The normalized spacial score (nSPS) is 16.9. The minimum Gasteiger partial charge on any atom is -0.480 e. The van der Waals surface area contributed by atoms with Crippen LogP contribution in [0.15, 0.2) is 0 Å². The number of amides is 1. The molecule has 0 aromatic carbocycles. The van der Waals surface area contributed by atoms with Crippen LogP contribution in [-0.4, -0.2) is 48.1 Å². The molecule has 0 saturated heterocycles. The van der Waals surface area contributed by atoms with Gasteiger partial charge in [-0.3, -0.25) is 14.5 Å². The van der Waals surface area contributed by atoms with Crippen molar-refractivity contribution >= 4 is 11.9 Å². The lowest BCUT2D eigenvalue weighted by Gasteiger charge is -2.25. The zero-order valence-corrected chi connectivity index (χ0v) is 9.03. The summed E-state index contributed by atoms with van der Waals surface area (Å²) in [6.07, 6.45) is 4.28. The minimum atomic E-state index is -0.870. The number of rotatable bonds is 5. The Labute approximate surface area is 89.4 Å². The fraction of sp³-hybridized carbons (Fsp3) is 0.800. The lowest BCUT2D eigenvalue weighted by atomic mass is 10.2. The van der Waals surface area contributed by atoms with Gasteiger partial charge in [-0.15, -0.1) is 0 Å². The number of aliphatic carboxylic acids is 1. The van der Waals surface area contributed by atoms with Gasteiger partial charge in [0.2, 0.25) is 5.91 Å². The lowest BCUT2D eigenvalue weighted by molar-refractivity contribution is -0.139. The molecule has 0 atom stereocenters. The summed E-state index contributed by atoms with van der Waals surface area (Å²) in [6, 6.07) is 0.262. The van der Waals surface area contributed by atoms with Crippen LogP contribution in [0.5, 0.6) is 0 Å². The smallest absolute Gasteiger partial charge is 0.317 e. The Morgan fingerprint density at radius 1 is 1.33 bits per heavy atom. The van der Waals surface area contributed by atoms with E-state index in [1.54, 1.807) is 11.9 Å². The molecule has 0 unspecified atom stereocenters. The number of carbonyl (C=O) groups excluding carboxylic acids is 1. The Morgan fingerprint density at radius 2 is 1.93 bits per heavy atom. The molecule has 0 spiro atoms. The maximum atomic E-state index is 11.2. The van der Waals surface area contributed by atoms with Crippen molar-refractivity contribution in [3.63, 3.8) is 0 Å². The van der Waals surface area contributed by atoms with Crippen LogP contribution >= 0.6 is 0 Å². The Morgan fingerprint density at radius 3 is 2.40 bits per heavy atom. The maximum Gasteiger partial charge on any atom is 0.317 e. The van der Waals surface area contributed by atoms with E-state index in [1.807, 2.05) is 0 Å². The molecule has 15 heavy (non-hydrogen) atoms. The highest BCUT2D eigenvalue weighted by atomic mass is 16.4. The first-order chi connectivity index (χ1) is 7.13. The predicted molar refractivity (Wildman–Crippen MR) is 55.5 cm³/mol. The van der Waals surface area contributed by atoms with E-state index in [1.165, 1.54) is 0 Å². The van der Waals surface area contributed by atoms with Gasteiger partial charge in [-0.25, -0.2) is 0 Å². The number of nitrogens with one attached hydrogen (secondary N) is 1. The first-order valence-corrected chi connectivity index (χ1v) is 5.30. The lowest BCUT2D eigenvalue weighted by Crippen LogP contribution is -2.43. The molecule has 2 N–H and O–H groups in total.